The highest BCUT2D eigenvalue weighted by Gasteiger charge is 2.19. The number of ether oxygens (including phenoxy) is 2. The summed E-state index contributed by atoms with van der Waals surface area (Å²) in [4.78, 5) is 16.8. The number of hydrogen-bond donors (Lipinski definition) is 1. The number of aromatic nitrogens is 1. The number of nitrogens with zero attached hydrogens (tertiary/aromatic N) is 1. The van der Waals surface area contributed by atoms with Crippen molar-refractivity contribution in [1.29, 1.82) is 0 Å². The van der Waals surface area contributed by atoms with Gasteiger partial charge < -0.3 is 19.2 Å². The van der Waals surface area contributed by atoms with Gasteiger partial charge in [0.2, 0.25) is 5.89 Å². The maximum absolute atomic E-state index is 12.5. The normalized spacial score (nSPS) is 10.6. The molecule has 3 rings (SSSR count). The first-order valence-electron chi connectivity index (χ1n) is 8.74. The molecule has 1 heterocycles. The molecule has 0 unspecified atom stereocenters. The number of oxazole rings is 1. The van der Waals surface area contributed by atoms with Crippen molar-refractivity contribution in [3.05, 3.63) is 64.5 Å². The monoisotopic (exact) mass is 400 g/mol. The molecule has 146 valence electrons. The highest BCUT2D eigenvalue weighted by Crippen LogP contribution is 2.32. The van der Waals surface area contributed by atoms with Crippen LogP contribution in [-0.2, 0) is 6.42 Å². The van der Waals surface area contributed by atoms with Crippen molar-refractivity contribution in [2.45, 2.75) is 13.3 Å². The summed E-state index contributed by atoms with van der Waals surface area (Å²) in [6.45, 7) is 2.20. The minimum absolute atomic E-state index is 0.265. The standard InChI is InChI=1S/C21H21ClN2O4/c1-13-19(20(25)23-11-10-14-4-7-16(22)8-5-14)24-21(28-13)15-6-9-17(26-2)18(12-15)27-3/h4-9,12H,10-11H2,1-3H3,(H,23,25). The van der Waals surface area contributed by atoms with Gasteiger partial charge in [0.25, 0.3) is 5.91 Å². The third kappa shape index (κ3) is 4.46. The van der Waals surface area contributed by atoms with Gasteiger partial charge in [-0.05, 0) is 49.2 Å². The fourth-order valence-corrected chi connectivity index (χ4v) is 2.88. The Morgan fingerprint density at radius 3 is 2.50 bits per heavy atom. The lowest BCUT2D eigenvalue weighted by Gasteiger charge is -2.07. The Morgan fingerprint density at radius 2 is 1.82 bits per heavy atom. The SMILES string of the molecule is COc1ccc(-c2nc(C(=O)NCCc3ccc(Cl)cc3)c(C)o2)cc1OC. The number of carbonyl (C=O) groups excluding carboxylic acids is 1. The second-order valence-electron chi connectivity index (χ2n) is 6.13. The summed E-state index contributed by atoms with van der Waals surface area (Å²) >= 11 is 5.88. The number of amides is 1. The van der Waals surface area contributed by atoms with Crippen molar-refractivity contribution >= 4 is 17.5 Å². The molecule has 0 saturated carbocycles. The van der Waals surface area contributed by atoms with Gasteiger partial charge in [-0.25, -0.2) is 4.98 Å². The number of carbonyl (C=O) groups is 1. The lowest BCUT2D eigenvalue weighted by Crippen LogP contribution is -2.26. The summed E-state index contributed by atoms with van der Waals surface area (Å²) in [6.07, 6.45) is 0.697. The number of hydrogen-bond acceptors (Lipinski definition) is 5. The first kappa shape index (κ1) is 19.8. The molecule has 6 nitrogen and oxygen atoms in total. The summed E-state index contributed by atoms with van der Waals surface area (Å²) in [6, 6.07) is 12.8. The van der Waals surface area contributed by atoms with Gasteiger partial charge in [0.05, 0.1) is 14.2 Å². The van der Waals surface area contributed by atoms with Gasteiger partial charge in [-0.15, -0.1) is 0 Å². The molecule has 0 aliphatic heterocycles. The first-order valence-corrected chi connectivity index (χ1v) is 9.12. The van der Waals surface area contributed by atoms with Gasteiger partial charge in [-0.1, -0.05) is 23.7 Å². The highest BCUT2D eigenvalue weighted by atomic mass is 35.5. The van der Waals surface area contributed by atoms with Crippen molar-refractivity contribution in [3.63, 3.8) is 0 Å². The van der Waals surface area contributed by atoms with Crippen LogP contribution >= 0.6 is 11.6 Å². The highest BCUT2D eigenvalue weighted by molar-refractivity contribution is 6.30. The number of halogens is 1. The van der Waals surface area contributed by atoms with Crippen LogP contribution in [0.1, 0.15) is 21.8 Å². The first-order chi connectivity index (χ1) is 13.5. The molecule has 0 spiro atoms. The van der Waals surface area contributed by atoms with Crippen molar-refractivity contribution in [2.24, 2.45) is 0 Å². The molecular formula is C21H21ClN2O4. The Hall–Kier alpha value is -2.99. The van der Waals surface area contributed by atoms with Gasteiger partial charge in [-0.3, -0.25) is 4.79 Å². The molecular weight excluding hydrogens is 380 g/mol. The average molecular weight is 401 g/mol. The van der Waals surface area contributed by atoms with Crippen LogP contribution in [0.15, 0.2) is 46.9 Å². The van der Waals surface area contributed by atoms with Crippen molar-refractivity contribution in [2.75, 3.05) is 20.8 Å². The van der Waals surface area contributed by atoms with E-state index < -0.39 is 0 Å². The van der Waals surface area contributed by atoms with E-state index in [-0.39, 0.29) is 11.6 Å². The molecule has 7 heteroatoms. The van der Waals surface area contributed by atoms with E-state index >= 15 is 0 Å². The van der Waals surface area contributed by atoms with Crippen LogP contribution in [0.5, 0.6) is 11.5 Å². The molecule has 0 saturated heterocycles. The lowest BCUT2D eigenvalue weighted by atomic mass is 10.1. The number of aryl methyl sites for hydroxylation is 1. The Kier molecular flexibility index (Phi) is 6.21. The van der Waals surface area contributed by atoms with Crippen LogP contribution in [0.3, 0.4) is 0 Å². The Bertz CT molecular complexity index is 967. The largest absolute Gasteiger partial charge is 0.493 e. The molecule has 1 amide bonds. The van der Waals surface area contributed by atoms with E-state index in [2.05, 4.69) is 10.3 Å². The van der Waals surface area contributed by atoms with Gasteiger partial charge in [0.1, 0.15) is 5.76 Å². The minimum Gasteiger partial charge on any atom is -0.493 e. The van der Waals surface area contributed by atoms with Crippen LogP contribution in [0, 0.1) is 6.92 Å². The Morgan fingerprint density at radius 1 is 1.11 bits per heavy atom. The van der Waals surface area contributed by atoms with Crippen molar-refractivity contribution in [1.82, 2.24) is 10.3 Å². The van der Waals surface area contributed by atoms with Gasteiger partial charge in [0.15, 0.2) is 17.2 Å². The van der Waals surface area contributed by atoms with E-state index in [0.717, 1.165) is 5.56 Å². The summed E-state index contributed by atoms with van der Waals surface area (Å²) in [7, 11) is 3.13. The maximum atomic E-state index is 12.5. The van der Waals surface area contributed by atoms with E-state index in [1.165, 1.54) is 0 Å². The predicted molar refractivity (Wildman–Crippen MR) is 107 cm³/mol. The van der Waals surface area contributed by atoms with E-state index in [0.29, 0.717) is 46.7 Å². The van der Waals surface area contributed by atoms with Crippen molar-refractivity contribution in [3.8, 4) is 23.0 Å². The number of nitrogens with one attached hydrogen (secondary N) is 1. The molecule has 0 fully saturated rings. The Balaban J connectivity index is 1.69. The molecule has 1 aromatic heterocycles. The van der Waals surface area contributed by atoms with Crippen molar-refractivity contribution < 1.29 is 18.7 Å². The summed E-state index contributed by atoms with van der Waals surface area (Å²) in [5, 5.41) is 3.56. The quantitative estimate of drug-likeness (QED) is 0.640. The van der Waals surface area contributed by atoms with E-state index in [1.807, 2.05) is 24.3 Å². The lowest BCUT2D eigenvalue weighted by molar-refractivity contribution is 0.0948. The Labute approximate surface area is 168 Å². The zero-order chi connectivity index (χ0) is 20.1. The van der Waals surface area contributed by atoms with Gasteiger partial charge in [-0.2, -0.15) is 0 Å². The molecule has 0 atom stereocenters. The fourth-order valence-electron chi connectivity index (χ4n) is 2.75. The zero-order valence-electron chi connectivity index (χ0n) is 15.9. The molecule has 0 aliphatic carbocycles. The molecule has 3 aromatic rings. The van der Waals surface area contributed by atoms with Crippen LogP contribution in [0.2, 0.25) is 5.02 Å². The van der Waals surface area contributed by atoms with Crippen LogP contribution < -0.4 is 14.8 Å². The third-order valence-corrected chi connectivity index (χ3v) is 4.51. The summed E-state index contributed by atoms with van der Waals surface area (Å²) in [5.74, 6) is 1.69. The third-order valence-electron chi connectivity index (χ3n) is 4.25. The second kappa shape index (κ2) is 8.80. The minimum atomic E-state index is -0.276. The molecule has 1 N–H and O–H groups in total. The zero-order valence-corrected chi connectivity index (χ0v) is 16.7. The van der Waals surface area contributed by atoms with Crippen LogP contribution in [-0.4, -0.2) is 31.7 Å². The second-order valence-corrected chi connectivity index (χ2v) is 6.56. The smallest absolute Gasteiger partial charge is 0.273 e. The van der Waals surface area contributed by atoms with Crippen LogP contribution in [0.25, 0.3) is 11.5 Å². The average Bonchev–Trinajstić information content (AvgIpc) is 3.10. The molecule has 0 bridgehead atoms. The summed E-state index contributed by atoms with van der Waals surface area (Å²) in [5.41, 5.74) is 2.05. The number of methoxy groups -OCH3 is 2. The predicted octanol–water partition coefficient (Wildman–Crippen LogP) is 4.29. The maximum Gasteiger partial charge on any atom is 0.273 e. The van der Waals surface area contributed by atoms with Gasteiger partial charge >= 0.3 is 0 Å². The number of rotatable bonds is 7. The van der Waals surface area contributed by atoms with Crippen LogP contribution in [0.4, 0.5) is 0 Å². The molecule has 0 aliphatic rings. The topological polar surface area (TPSA) is 73.6 Å². The van der Waals surface area contributed by atoms with E-state index in [9.17, 15) is 4.79 Å². The molecule has 2 aromatic carbocycles. The molecule has 0 radical (unpaired) electrons. The molecule has 28 heavy (non-hydrogen) atoms. The fraction of sp³-hybridized carbons (Fsp3) is 0.238. The summed E-state index contributed by atoms with van der Waals surface area (Å²) < 4.78 is 16.2. The van der Waals surface area contributed by atoms with E-state index in [1.54, 1.807) is 39.3 Å². The number of benzene rings is 2. The van der Waals surface area contributed by atoms with E-state index in [4.69, 9.17) is 25.5 Å². The van der Waals surface area contributed by atoms with Gasteiger partial charge in [0, 0.05) is 17.1 Å².